The highest BCUT2D eigenvalue weighted by molar-refractivity contribution is 6.12. The van der Waals surface area contributed by atoms with Crippen LogP contribution in [0.1, 0.15) is 78.1 Å². The lowest BCUT2D eigenvalue weighted by atomic mass is 9.86. The minimum absolute atomic E-state index is 0.0436. The molecule has 0 radical (unpaired) electrons. The minimum Gasteiger partial charge on any atom is -0.458 e. The van der Waals surface area contributed by atoms with Crippen LogP contribution in [0.2, 0.25) is 0 Å². The molecule has 0 spiro atoms. The number of unbranched alkanes of at least 4 members (excludes halogenated alkanes) is 2. The van der Waals surface area contributed by atoms with Gasteiger partial charge in [0, 0.05) is 54.1 Å². The summed E-state index contributed by atoms with van der Waals surface area (Å²) in [4.78, 5) is 120. The van der Waals surface area contributed by atoms with Crippen molar-refractivity contribution in [2.24, 2.45) is 0 Å². The molecule has 7 amide bonds. The summed E-state index contributed by atoms with van der Waals surface area (Å²) in [6.07, 6.45) is 5.53. The van der Waals surface area contributed by atoms with Gasteiger partial charge in [0.2, 0.25) is 29.5 Å². The molecule has 8 rings (SSSR count). The number of hydrogen-bond acceptors (Lipinski definition) is 14. The van der Waals surface area contributed by atoms with E-state index in [4.69, 9.17) is 9.72 Å². The number of aliphatic hydroxyl groups is 1. The maximum Gasteiger partial charge on any atom is 0.343 e. The van der Waals surface area contributed by atoms with Gasteiger partial charge in [0.15, 0.2) is 5.60 Å². The average Bonchev–Trinajstić information content (AvgIpc) is 4.08. The van der Waals surface area contributed by atoms with Gasteiger partial charge in [0.1, 0.15) is 18.5 Å². The second-order valence-corrected chi connectivity index (χ2v) is 17.9. The van der Waals surface area contributed by atoms with Crippen molar-refractivity contribution in [2.45, 2.75) is 90.3 Å². The van der Waals surface area contributed by atoms with Gasteiger partial charge >= 0.3 is 5.97 Å². The number of rotatable bonds is 21. The van der Waals surface area contributed by atoms with Crippen molar-refractivity contribution >= 4 is 58.2 Å². The Bertz CT molecular complexity index is 3140. The van der Waals surface area contributed by atoms with Crippen LogP contribution in [0.3, 0.4) is 0 Å². The van der Waals surface area contributed by atoms with Crippen LogP contribution in [0.5, 0.6) is 0 Å². The van der Waals surface area contributed by atoms with E-state index in [1.807, 2.05) is 0 Å². The average molecular weight is 1000 g/mol. The molecule has 3 aromatic heterocycles. The Hall–Kier alpha value is -8.47. The quantitative estimate of drug-likeness (QED) is 0.0322. The molecule has 2 aromatic carbocycles. The summed E-state index contributed by atoms with van der Waals surface area (Å²) in [6, 6.07) is 12.2. The third-order valence-corrected chi connectivity index (χ3v) is 13.0. The predicted octanol–water partition coefficient (Wildman–Crippen LogP) is 0.345. The maximum atomic E-state index is 15.1. The molecule has 0 bridgehead atoms. The number of imide groups is 1. The molecule has 0 fully saturated rings. The Morgan fingerprint density at radius 2 is 1.58 bits per heavy atom. The van der Waals surface area contributed by atoms with E-state index in [0.717, 1.165) is 4.90 Å². The number of aryl methyl sites for hydroxylation is 1. The lowest BCUT2D eigenvalue weighted by molar-refractivity contribution is -0.172. The molecule has 5 aromatic rings. The number of hydrogen-bond donors (Lipinski definition) is 6. The summed E-state index contributed by atoms with van der Waals surface area (Å²) in [7, 11) is 0. The zero-order valence-electron chi connectivity index (χ0n) is 39.9. The van der Waals surface area contributed by atoms with E-state index >= 15 is 4.39 Å². The molecular formula is C50H52FN11O11. The van der Waals surface area contributed by atoms with Crippen molar-refractivity contribution < 1.29 is 52.6 Å². The van der Waals surface area contributed by atoms with Crippen molar-refractivity contribution in [3.05, 3.63) is 122 Å². The van der Waals surface area contributed by atoms with E-state index in [1.54, 1.807) is 56.3 Å². The van der Waals surface area contributed by atoms with Crippen molar-refractivity contribution in [1.29, 1.82) is 0 Å². The Kier molecular flexibility index (Phi) is 15.3. The largest absolute Gasteiger partial charge is 0.458 e. The zero-order valence-corrected chi connectivity index (χ0v) is 39.9. The van der Waals surface area contributed by atoms with E-state index in [0.29, 0.717) is 64.0 Å². The summed E-state index contributed by atoms with van der Waals surface area (Å²) in [6.45, 7) is 1.76. The monoisotopic (exact) mass is 1000 g/mol. The molecule has 0 unspecified atom stereocenters. The van der Waals surface area contributed by atoms with Gasteiger partial charge < -0.3 is 41.0 Å². The number of esters is 1. The Morgan fingerprint density at radius 3 is 2.33 bits per heavy atom. The second kappa shape index (κ2) is 21.9. The maximum absolute atomic E-state index is 15.1. The molecule has 3 aliphatic rings. The van der Waals surface area contributed by atoms with E-state index in [2.05, 4.69) is 36.9 Å². The van der Waals surface area contributed by atoms with Crippen molar-refractivity contribution in [1.82, 2.24) is 56.0 Å². The third-order valence-electron chi connectivity index (χ3n) is 13.0. The van der Waals surface area contributed by atoms with Crippen LogP contribution < -0.4 is 32.1 Å². The number of cyclic esters (lactones) is 1. The SMILES string of the molecule is CC[C@@]1(O)C(=O)OCc2c1cc1n(c2=O)Cc2c-1nc1cc(F)c(C)cc1c2Cn1nncc1CNC(=O)CNC(=O)[C@@H](Cc1ccccc1)NC(=O)CNC(=O)CNC(=O)CCCCCN1C(=O)C=CC1=O. The van der Waals surface area contributed by atoms with Gasteiger partial charge in [-0.15, -0.1) is 5.10 Å². The summed E-state index contributed by atoms with van der Waals surface area (Å²) in [5, 5.41) is 33.0. The van der Waals surface area contributed by atoms with Gasteiger partial charge in [-0.3, -0.25) is 43.3 Å². The summed E-state index contributed by atoms with van der Waals surface area (Å²) >= 11 is 0. The lowest BCUT2D eigenvalue weighted by Crippen LogP contribution is -2.52. The molecule has 6 heterocycles. The molecule has 2 atom stereocenters. The molecule has 3 aliphatic heterocycles. The van der Waals surface area contributed by atoms with Gasteiger partial charge in [0.05, 0.1) is 73.6 Å². The molecule has 380 valence electrons. The fraction of sp³-hybridized carbons (Fsp3) is 0.360. The highest BCUT2D eigenvalue weighted by atomic mass is 19.1. The number of nitrogens with one attached hydrogen (secondary N) is 5. The smallest absolute Gasteiger partial charge is 0.343 e. The molecule has 6 N–H and O–H groups in total. The number of carbonyl (C=O) groups excluding carboxylic acids is 8. The molecule has 22 nitrogen and oxygen atoms in total. The van der Waals surface area contributed by atoms with Crippen LogP contribution in [0.15, 0.2) is 71.7 Å². The van der Waals surface area contributed by atoms with Crippen LogP contribution in [0.4, 0.5) is 4.39 Å². The number of amides is 7. The first-order valence-corrected chi connectivity index (χ1v) is 23.6. The zero-order chi connectivity index (χ0) is 52.0. The molecule has 23 heteroatoms. The number of pyridine rings is 2. The van der Waals surface area contributed by atoms with Gasteiger partial charge in [-0.05, 0) is 55.0 Å². The molecular weight excluding hydrogens is 950 g/mol. The number of benzene rings is 2. The number of nitrogens with zero attached hydrogens (tertiary/aromatic N) is 6. The first kappa shape index (κ1) is 50.9. The lowest BCUT2D eigenvalue weighted by Gasteiger charge is -2.31. The first-order chi connectivity index (χ1) is 35.0. The van der Waals surface area contributed by atoms with Crippen LogP contribution in [0.25, 0.3) is 22.3 Å². The molecule has 0 aliphatic carbocycles. The highest BCUT2D eigenvalue weighted by Crippen LogP contribution is 2.41. The number of fused-ring (bicyclic) bond motifs is 5. The Morgan fingerprint density at radius 1 is 0.863 bits per heavy atom. The summed E-state index contributed by atoms with van der Waals surface area (Å²) in [5.41, 5.74) is 1.48. The minimum atomic E-state index is -2.05. The van der Waals surface area contributed by atoms with Crippen LogP contribution in [0, 0.1) is 12.7 Å². The van der Waals surface area contributed by atoms with Gasteiger partial charge in [0.25, 0.3) is 17.4 Å². The fourth-order valence-electron chi connectivity index (χ4n) is 8.91. The molecule has 0 saturated carbocycles. The summed E-state index contributed by atoms with van der Waals surface area (Å²) in [5.74, 6) is -5.13. The highest BCUT2D eigenvalue weighted by Gasteiger charge is 2.45. The van der Waals surface area contributed by atoms with Crippen LogP contribution in [-0.2, 0) is 81.4 Å². The van der Waals surface area contributed by atoms with E-state index in [1.165, 1.54) is 33.7 Å². The van der Waals surface area contributed by atoms with Gasteiger partial charge in [-0.25, -0.2) is 18.9 Å². The number of carbonyl (C=O) groups is 8. The second-order valence-electron chi connectivity index (χ2n) is 17.9. The first-order valence-electron chi connectivity index (χ1n) is 23.6. The topological polar surface area (TPSA) is 295 Å². The number of halogens is 1. The van der Waals surface area contributed by atoms with Crippen LogP contribution in [-0.4, -0.2) is 114 Å². The molecule has 73 heavy (non-hydrogen) atoms. The third kappa shape index (κ3) is 11.2. The summed E-state index contributed by atoms with van der Waals surface area (Å²) < 4.78 is 23.3. The predicted molar refractivity (Wildman–Crippen MR) is 256 cm³/mol. The van der Waals surface area contributed by atoms with E-state index in [-0.39, 0.29) is 80.5 Å². The van der Waals surface area contributed by atoms with E-state index in [9.17, 15) is 48.3 Å². The Labute approximate surface area is 415 Å². The van der Waals surface area contributed by atoms with Crippen molar-refractivity contribution in [3.8, 4) is 11.4 Å². The standard InChI is InChI=1S/C50H52FN11O11/c1-3-50(72)35-18-39-46-33(25-61(39)48(70)34(35)27-73-49(50)71)32(31-16-28(2)36(51)19-37(31)58-46)26-62-30(21-56-59-62)20-52-42(65)23-55-47(69)38(17-29-10-6-4-7-11-29)57-43(66)24-54-41(64)22-53-40(63)12-8-5-9-15-60-44(67)13-14-45(60)68/h4,6-7,10-11,13-14,16,18-19,21,38,72H,3,5,8-9,12,15,17,20,22-27H2,1-2H3,(H,52,65)(H,53,63)(H,54,64)(H,55,69)(H,57,66)/t38-,50+/m1/s1. The number of ether oxygens (including phenoxy) is 1. The van der Waals surface area contributed by atoms with Gasteiger partial charge in [-0.1, -0.05) is 48.9 Å². The van der Waals surface area contributed by atoms with E-state index < -0.39 is 78.2 Å². The number of aromatic nitrogens is 5. The fourth-order valence-corrected chi connectivity index (χ4v) is 8.91. The van der Waals surface area contributed by atoms with Crippen LogP contribution >= 0.6 is 0 Å². The normalized spacial score (nSPS) is 15.8. The van der Waals surface area contributed by atoms with Gasteiger partial charge in [-0.2, -0.15) is 0 Å². The molecule has 0 saturated heterocycles. The Balaban J connectivity index is 0.860. The van der Waals surface area contributed by atoms with Crippen molar-refractivity contribution in [2.75, 3.05) is 26.2 Å². The van der Waals surface area contributed by atoms with Crippen molar-refractivity contribution in [3.63, 3.8) is 0 Å².